The lowest BCUT2D eigenvalue weighted by molar-refractivity contribution is 0.0977. The smallest absolute Gasteiger partial charge is 0.239 e. The summed E-state index contributed by atoms with van der Waals surface area (Å²) >= 11 is 0. The molecule has 1 aliphatic carbocycles. The molecule has 4 aromatic rings. The quantitative estimate of drug-likeness (QED) is 0.465. The van der Waals surface area contributed by atoms with Gasteiger partial charge < -0.3 is 10.1 Å². The average Bonchev–Trinajstić information content (AvgIpc) is 3.09. The van der Waals surface area contributed by atoms with E-state index in [0.29, 0.717) is 30.4 Å². The minimum absolute atomic E-state index is 0.106. The maximum Gasteiger partial charge on any atom is 0.239 e. The Bertz CT molecular complexity index is 1150. The van der Waals surface area contributed by atoms with Gasteiger partial charge in [-0.25, -0.2) is 9.67 Å². The van der Waals surface area contributed by atoms with E-state index in [0.717, 1.165) is 11.3 Å². The fourth-order valence-electron chi connectivity index (χ4n) is 3.25. The highest BCUT2D eigenvalue weighted by Crippen LogP contribution is 2.39. The summed E-state index contributed by atoms with van der Waals surface area (Å²) in [6.07, 6.45) is 9.02. The molecule has 142 valence electrons. The SMILES string of the molecule is Nc1n[nH]c(CCC(=O)c2cn(Cc3cn4cc(C5CC5)ccc4n3)nn2)n1. The molecule has 10 heteroatoms. The van der Waals surface area contributed by atoms with Gasteiger partial charge in [-0.15, -0.1) is 10.2 Å². The van der Waals surface area contributed by atoms with E-state index >= 15 is 0 Å². The summed E-state index contributed by atoms with van der Waals surface area (Å²) in [5, 5.41) is 14.5. The molecule has 28 heavy (non-hydrogen) atoms. The summed E-state index contributed by atoms with van der Waals surface area (Å²) in [4.78, 5) is 20.9. The number of imidazole rings is 1. The van der Waals surface area contributed by atoms with Crippen molar-refractivity contribution < 1.29 is 4.79 Å². The minimum atomic E-state index is -0.106. The number of H-pyrrole nitrogens is 1. The second-order valence-electron chi connectivity index (χ2n) is 7.10. The van der Waals surface area contributed by atoms with E-state index in [9.17, 15) is 4.79 Å². The van der Waals surface area contributed by atoms with Crippen LogP contribution < -0.4 is 5.73 Å². The van der Waals surface area contributed by atoms with E-state index in [2.05, 4.69) is 47.1 Å². The highest BCUT2D eigenvalue weighted by atomic mass is 16.1. The number of anilines is 1. The van der Waals surface area contributed by atoms with Crippen LogP contribution in [-0.2, 0) is 13.0 Å². The zero-order valence-corrected chi connectivity index (χ0v) is 15.1. The fourth-order valence-corrected chi connectivity index (χ4v) is 3.25. The number of Topliss-reactive ketones (excluding diaryl/α,β-unsaturated/α-hetero) is 1. The Labute approximate surface area is 159 Å². The van der Waals surface area contributed by atoms with Crippen LogP contribution in [0.25, 0.3) is 5.65 Å². The zero-order chi connectivity index (χ0) is 19.1. The molecule has 0 spiro atoms. The number of nitrogens with one attached hydrogen (secondary N) is 1. The van der Waals surface area contributed by atoms with E-state index in [-0.39, 0.29) is 18.2 Å². The highest BCUT2D eigenvalue weighted by molar-refractivity contribution is 5.93. The van der Waals surface area contributed by atoms with Gasteiger partial charge in [0.15, 0.2) is 5.78 Å². The van der Waals surface area contributed by atoms with Crippen molar-refractivity contribution in [3.8, 4) is 0 Å². The molecule has 0 saturated heterocycles. The molecule has 5 rings (SSSR count). The second kappa shape index (κ2) is 6.55. The molecule has 0 radical (unpaired) electrons. The van der Waals surface area contributed by atoms with Gasteiger partial charge in [0.2, 0.25) is 5.95 Å². The molecule has 10 nitrogen and oxygen atoms in total. The molecule has 3 N–H and O–H groups in total. The summed E-state index contributed by atoms with van der Waals surface area (Å²) in [5.41, 5.74) is 8.92. The molecule has 4 aromatic heterocycles. The maximum atomic E-state index is 12.3. The number of aromatic amines is 1. The first-order chi connectivity index (χ1) is 13.6. The molecule has 0 amide bonds. The van der Waals surface area contributed by atoms with Crippen LogP contribution in [0.1, 0.15) is 52.8 Å². The lowest BCUT2D eigenvalue weighted by Gasteiger charge is -1.98. The normalized spacial score (nSPS) is 14.0. The third-order valence-corrected chi connectivity index (χ3v) is 4.86. The van der Waals surface area contributed by atoms with Crippen LogP contribution in [0.4, 0.5) is 5.95 Å². The van der Waals surface area contributed by atoms with E-state index in [1.54, 1.807) is 10.9 Å². The van der Waals surface area contributed by atoms with Crippen LogP contribution in [0.15, 0.2) is 30.7 Å². The summed E-state index contributed by atoms with van der Waals surface area (Å²) in [6.45, 7) is 0.458. The number of rotatable bonds is 7. The summed E-state index contributed by atoms with van der Waals surface area (Å²) in [5.74, 6) is 1.34. The zero-order valence-electron chi connectivity index (χ0n) is 15.1. The van der Waals surface area contributed by atoms with Crippen LogP contribution in [-0.4, -0.2) is 45.3 Å². The number of aryl methyl sites for hydroxylation is 1. The Kier molecular flexibility index (Phi) is 3.89. The minimum Gasteiger partial charge on any atom is -0.367 e. The van der Waals surface area contributed by atoms with Crippen molar-refractivity contribution in [2.24, 2.45) is 0 Å². The molecular formula is C18H19N9O. The summed E-state index contributed by atoms with van der Waals surface area (Å²) in [6, 6.07) is 4.20. The molecule has 0 unspecified atom stereocenters. The number of hydrogen-bond donors (Lipinski definition) is 2. The highest BCUT2D eigenvalue weighted by Gasteiger charge is 2.23. The average molecular weight is 377 g/mol. The van der Waals surface area contributed by atoms with Gasteiger partial charge in [0, 0.05) is 25.2 Å². The van der Waals surface area contributed by atoms with Gasteiger partial charge in [0.25, 0.3) is 0 Å². The van der Waals surface area contributed by atoms with Gasteiger partial charge in [0.1, 0.15) is 17.2 Å². The Morgan fingerprint density at radius 1 is 1.21 bits per heavy atom. The van der Waals surface area contributed by atoms with Gasteiger partial charge >= 0.3 is 0 Å². The van der Waals surface area contributed by atoms with Crippen molar-refractivity contribution in [1.82, 2.24) is 39.6 Å². The number of carbonyl (C=O) groups is 1. The van der Waals surface area contributed by atoms with Crippen LogP contribution in [0, 0.1) is 0 Å². The Hall–Kier alpha value is -3.56. The number of pyridine rings is 1. The van der Waals surface area contributed by atoms with Crippen LogP contribution in [0.2, 0.25) is 0 Å². The van der Waals surface area contributed by atoms with E-state index in [4.69, 9.17) is 5.73 Å². The molecule has 1 saturated carbocycles. The van der Waals surface area contributed by atoms with Crippen LogP contribution in [0.3, 0.4) is 0 Å². The predicted molar refractivity (Wildman–Crippen MR) is 99.7 cm³/mol. The van der Waals surface area contributed by atoms with Crippen molar-refractivity contribution in [3.63, 3.8) is 0 Å². The number of nitrogens with two attached hydrogens (primary N) is 1. The Balaban J connectivity index is 1.25. The molecule has 0 atom stereocenters. The van der Waals surface area contributed by atoms with Crippen molar-refractivity contribution in [1.29, 1.82) is 0 Å². The largest absolute Gasteiger partial charge is 0.367 e. The number of ketones is 1. The number of nitrogen functional groups attached to an aromatic ring is 1. The number of aromatic nitrogens is 8. The van der Waals surface area contributed by atoms with Crippen molar-refractivity contribution >= 4 is 17.4 Å². The standard InChI is InChI=1S/C18H19N9O/c19-18-21-16(23-24-18)5-4-15(28)14-10-27(25-22-14)9-13-8-26-7-12(11-1-2-11)3-6-17(26)20-13/h3,6-8,10-11H,1-2,4-5,9H2,(H3,19,21,23,24). The first-order valence-corrected chi connectivity index (χ1v) is 9.22. The molecule has 1 aliphatic rings. The topological polar surface area (TPSA) is 133 Å². The molecule has 4 heterocycles. The first-order valence-electron chi connectivity index (χ1n) is 9.22. The Morgan fingerprint density at radius 2 is 2.11 bits per heavy atom. The number of fused-ring (bicyclic) bond motifs is 1. The van der Waals surface area contributed by atoms with Gasteiger partial charge in [-0.2, -0.15) is 4.98 Å². The molecule has 0 aliphatic heterocycles. The molecule has 0 aromatic carbocycles. The van der Waals surface area contributed by atoms with Crippen molar-refractivity contribution in [2.75, 3.05) is 5.73 Å². The van der Waals surface area contributed by atoms with Gasteiger partial charge in [-0.1, -0.05) is 11.3 Å². The first kappa shape index (κ1) is 16.6. The Morgan fingerprint density at radius 3 is 2.89 bits per heavy atom. The predicted octanol–water partition coefficient (Wildman–Crippen LogP) is 1.37. The van der Waals surface area contributed by atoms with Gasteiger partial charge in [-0.3, -0.25) is 9.89 Å². The third kappa shape index (κ3) is 3.36. The lowest BCUT2D eigenvalue weighted by atomic mass is 10.2. The van der Waals surface area contributed by atoms with Gasteiger partial charge in [-0.05, 0) is 30.4 Å². The summed E-state index contributed by atoms with van der Waals surface area (Å²) in [7, 11) is 0. The number of hydrogen-bond acceptors (Lipinski definition) is 7. The van der Waals surface area contributed by atoms with E-state index in [1.807, 2.05) is 12.3 Å². The molecular weight excluding hydrogens is 358 g/mol. The van der Waals surface area contributed by atoms with Crippen molar-refractivity contribution in [2.45, 2.75) is 38.1 Å². The van der Waals surface area contributed by atoms with Crippen LogP contribution in [0.5, 0.6) is 0 Å². The second-order valence-corrected chi connectivity index (χ2v) is 7.10. The van der Waals surface area contributed by atoms with Crippen molar-refractivity contribution in [3.05, 3.63) is 53.5 Å². The number of carbonyl (C=O) groups excluding carboxylic acids is 1. The summed E-state index contributed by atoms with van der Waals surface area (Å²) < 4.78 is 3.68. The molecule has 0 bridgehead atoms. The lowest BCUT2D eigenvalue weighted by Crippen LogP contribution is -2.03. The number of nitrogens with zero attached hydrogens (tertiary/aromatic N) is 7. The third-order valence-electron chi connectivity index (χ3n) is 4.86. The van der Waals surface area contributed by atoms with E-state index < -0.39 is 0 Å². The molecule has 1 fully saturated rings. The van der Waals surface area contributed by atoms with E-state index in [1.165, 1.54) is 18.4 Å². The maximum absolute atomic E-state index is 12.3. The van der Waals surface area contributed by atoms with Crippen LogP contribution >= 0.6 is 0 Å². The monoisotopic (exact) mass is 377 g/mol. The fraction of sp³-hybridized carbons (Fsp3) is 0.333. The van der Waals surface area contributed by atoms with Gasteiger partial charge in [0.05, 0.1) is 18.4 Å².